The fourth-order valence-corrected chi connectivity index (χ4v) is 2.52. The molecule has 1 aromatic heterocycles. The maximum atomic E-state index is 12.6. The molecule has 6 heteroatoms. The highest BCUT2D eigenvalue weighted by Crippen LogP contribution is 2.31. The van der Waals surface area contributed by atoms with E-state index in [0.717, 1.165) is 0 Å². The predicted octanol–water partition coefficient (Wildman–Crippen LogP) is 4.43. The van der Waals surface area contributed by atoms with E-state index in [0.29, 0.717) is 38.9 Å². The number of hydrogen-bond donors (Lipinski definition) is 1. The zero-order valence-electron chi connectivity index (χ0n) is 12.7. The number of amides is 1. The topological polar surface area (TPSA) is 78.9 Å². The van der Waals surface area contributed by atoms with Crippen LogP contribution in [0, 0.1) is 18.3 Å². The molecule has 0 radical (unpaired) electrons. The van der Waals surface area contributed by atoms with E-state index in [1.807, 2.05) is 12.1 Å². The minimum absolute atomic E-state index is 0.326. The molecule has 3 aromatic rings. The highest BCUT2D eigenvalue weighted by Gasteiger charge is 2.23. The number of carbonyl (C=O) groups is 1. The number of carbonyl (C=O) groups excluding carboxylic acids is 1. The first-order chi connectivity index (χ1) is 11.6. The molecular weight excluding hydrogens is 326 g/mol. The Hall–Kier alpha value is -3.10. The van der Waals surface area contributed by atoms with Gasteiger partial charge in [0.1, 0.15) is 17.0 Å². The first-order valence-electron chi connectivity index (χ1n) is 7.13. The van der Waals surface area contributed by atoms with Crippen LogP contribution < -0.4 is 5.32 Å². The Morgan fingerprint density at radius 2 is 1.92 bits per heavy atom. The Kier molecular flexibility index (Phi) is 4.32. The average molecular weight is 338 g/mol. The fraction of sp³-hybridized carbons (Fsp3) is 0.0556. The van der Waals surface area contributed by atoms with Crippen LogP contribution in [0.5, 0.6) is 0 Å². The highest BCUT2D eigenvalue weighted by molar-refractivity contribution is 6.33. The lowest BCUT2D eigenvalue weighted by atomic mass is 10.1. The number of nitriles is 1. The molecule has 0 atom stereocenters. The normalized spacial score (nSPS) is 10.2. The third-order valence-electron chi connectivity index (χ3n) is 3.49. The highest BCUT2D eigenvalue weighted by atomic mass is 35.5. The van der Waals surface area contributed by atoms with Gasteiger partial charge in [0, 0.05) is 11.3 Å². The molecule has 118 valence electrons. The summed E-state index contributed by atoms with van der Waals surface area (Å²) in [6.45, 7) is 1.67. The Labute approximate surface area is 143 Å². The SMILES string of the molecule is Cc1onc(-c2ccccc2Cl)c1C(=O)Nc1ccc(C#N)cc1. The number of nitrogens with zero attached hydrogens (tertiary/aromatic N) is 2. The van der Waals surface area contributed by atoms with E-state index < -0.39 is 0 Å². The van der Waals surface area contributed by atoms with Crippen LogP contribution in [0.3, 0.4) is 0 Å². The number of anilines is 1. The van der Waals surface area contributed by atoms with Crippen LogP contribution in [-0.4, -0.2) is 11.1 Å². The van der Waals surface area contributed by atoms with Crippen LogP contribution in [0.4, 0.5) is 5.69 Å². The third kappa shape index (κ3) is 3.00. The second-order valence-electron chi connectivity index (χ2n) is 5.09. The molecule has 24 heavy (non-hydrogen) atoms. The fourth-order valence-electron chi connectivity index (χ4n) is 2.30. The molecular formula is C18H12ClN3O2. The van der Waals surface area contributed by atoms with Crippen LogP contribution in [0.2, 0.25) is 5.02 Å². The summed E-state index contributed by atoms with van der Waals surface area (Å²) in [5.74, 6) is 0.0458. The second-order valence-corrected chi connectivity index (χ2v) is 5.49. The number of hydrogen-bond acceptors (Lipinski definition) is 4. The van der Waals surface area contributed by atoms with Gasteiger partial charge in [-0.2, -0.15) is 5.26 Å². The van der Waals surface area contributed by atoms with Crippen molar-refractivity contribution >= 4 is 23.2 Å². The van der Waals surface area contributed by atoms with Gasteiger partial charge in [-0.15, -0.1) is 0 Å². The molecule has 0 aliphatic rings. The molecule has 0 fully saturated rings. The summed E-state index contributed by atoms with van der Waals surface area (Å²) in [7, 11) is 0. The molecule has 2 aromatic carbocycles. The van der Waals surface area contributed by atoms with Crippen LogP contribution in [0.15, 0.2) is 53.1 Å². The smallest absolute Gasteiger partial charge is 0.261 e. The summed E-state index contributed by atoms with van der Waals surface area (Å²) >= 11 is 6.19. The molecule has 0 unspecified atom stereocenters. The van der Waals surface area contributed by atoms with Gasteiger partial charge in [0.25, 0.3) is 5.91 Å². The Morgan fingerprint density at radius 3 is 2.58 bits per heavy atom. The number of aryl methyl sites for hydroxylation is 1. The number of aromatic nitrogens is 1. The molecule has 1 N–H and O–H groups in total. The van der Waals surface area contributed by atoms with Crippen LogP contribution >= 0.6 is 11.6 Å². The number of rotatable bonds is 3. The lowest BCUT2D eigenvalue weighted by Crippen LogP contribution is -2.13. The molecule has 0 aliphatic carbocycles. The van der Waals surface area contributed by atoms with Crippen LogP contribution in [0.25, 0.3) is 11.3 Å². The van der Waals surface area contributed by atoms with Crippen molar-refractivity contribution in [1.29, 1.82) is 5.26 Å². The maximum absolute atomic E-state index is 12.6. The average Bonchev–Trinajstić information content (AvgIpc) is 2.97. The minimum Gasteiger partial charge on any atom is -0.360 e. The molecule has 0 saturated carbocycles. The van der Waals surface area contributed by atoms with Crippen molar-refractivity contribution in [1.82, 2.24) is 5.16 Å². The van der Waals surface area contributed by atoms with Crippen molar-refractivity contribution in [2.24, 2.45) is 0 Å². The third-order valence-corrected chi connectivity index (χ3v) is 3.82. The molecule has 0 spiro atoms. The molecule has 1 heterocycles. The number of nitrogens with one attached hydrogen (secondary N) is 1. The Balaban J connectivity index is 1.94. The maximum Gasteiger partial charge on any atom is 0.261 e. The van der Waals surface area contributed by atoms with E-state index in [1.165, 1.54) is 0 Å². The summed E-state index contributed by atoms with van der Waals surface area (Å²) in [4.78, 5) is 12.6. The number of halogens is 1. The molecule has 5 nitrogen and oxygen atoms in total. The minimum atomic E-state index is -0.353. The van der Waals surface area contributed by atoms with E-state index in [-0.39, 0.29) is 5.91 Å². The van der Waals surface area contributed by atoms with E-state index >= 15 is 0 Å². The van der Waals surface area contributed by atoms with E-state index in [1.54, 1.807) is 49.4 Å². The molecule has 0 aliphatic heterocycles. The lowest BCUT2D eigenvalue weighted by Gasteiger charge is -2.06. The quantitative estimate of drug-likeness (QED) is 0.766. The van der Waals surface area contributed by atoms with Crippen LogP contribution in [0.1, 0.15) is 21.7 Å². The van der Waals surface area contributed by atoms with Gasteiger partial charge in [-0.3, -0.25) is 4.79 Å². The van der Waals surface area contributed by atoms with Crippen LogP contribution in [-0.2, 0) is 0 Å². The lowest BCUT2D eigenvalue weighted by molar-refractivity contribution is 0.102. The summed E-state index contributed by atoms with van der Waals surface area (Å²) in [5.41, 5.74) is 2.44. The molecule has 1 amide bonds. The predicted molar refractivity (Wildman–Crippen MR) is 90.8 cm³/mol. The number of benzene rings is 2. The van der Waals surface area contributed by atoms with Gasteiger partial charge in [0.05, 0.1) is 16.7 Å². The first-order valence-corrected chi connectivity index (χ1v) is 7.50. The van der Waals surface area contributed by atoms with Crippen molar-refractivity contribution in [3.05, 3.63) is 70.4 Å². The van der Waals surface area contributed by atoms with Gasteiger partial charge in [-0.25, -0.2) is 0 Å². The standard InChI is InChI=1S/C18H12ClN3O2/c1-11-16(17(22-24-11)14-4-2-3-5-15(14)19)18(23)21-13-8-6-12(10-20)7-9-13/h2-9H,1H3,(H,21,23). The van der Waals surface area contributed by atoms with Crippen molar-refractivity contribution in [2.75, 3.05) is 5.32 Å². The monoisotopic (exact) mass is 337 g/mol. The van der Waals surface area contributed by atoms with Crippen molar-refractivity contribution < 1.29 is 9.32 Å². The Morgan fingerprint density at radius 1 is 1.21 bits per heavy atom. The van der Waals surface area contributed by atoms with E-state index in [9.17, 15) is 4.79 Å². The van der Waals surface area contributed by atoms with Gasteiger partial charge in [-0.05, 0) is 37.3 Å². The van der Waals surface area contributed by atoms with Crippen molar-refractivity contribution in [3.63, 3.8) is 0 Å². The van der Waals surface area contributed by atoms with E-state index in [2.05, 4.69) is 10.5 Å². The van der Waals surface area contributed by atoms with Gasteiger partial charge in [0.2, 0.25) is 0 Å². The van der Waals surface area contributed by atoms with Gasteiger partial charge in [-0.1, -0.05) is 35.0 Å². The zero-order chi connectivity index (χ0) is 17.1. The largest absolute Gasteiger partial charge is 0.360 e. The summed E-state index contributed by atoms with van der Waals surface area (Å²) in [6, 6.07) is 15.7. The first kappa shape index (κ1) is 15.8. The molecule has 3 rings (SSSR count). The Bertz CT molecular complexity index is 940. The zero-order valence-corrected chi connectivity index (χ0v) is 13.5. The van der Waals surface area contributed by atoms with Gasteiger partial charge >= 0.3 is 0 Å². The van der Waals surface area contributed by atoms with Crippen molar-refractivity contribution in [3.8, 4) is 17.3 Å². The van der Waals surface area contributed by atoms with Gasteiger partial charge < -0.3 is 9.84 Å². The summed E-state index contributed by atoms with van der Waals surface area (Å²) < 4.78 is 5.19. The summed E-state index contributed by atoms with van der Waals surface area (Å²) in [6.07, 6.45) is 0. The van der Waals surface area contributed by atoms with Crippen molar-refractivity contribution in [2.45, 2.75) is 6.92 Å². The summed E-state index contributed by atoms with van der Waals surface area (Å²) in [5, 5.41) is 16.0. The van der Waals surface area contributed by atoms with E-state index in [4.69, 9.17) is 21.4 Å². The van der Waals surface area contributed by atoms with Gasteiger partial charge in [0.15, 0.2) is 0 Å². The second kappa shape index (κ2) is 6.57. The molecule has 0 bridgehead atoms. The molecule has 0 saturated heterocycles.